The highest BCUT2D eigenvalue weighted by Crippen LogP contribution is 2.25. The molecular weight excluding hydrogens is 313 g/mol. The van der Waals surface area contributed by atoms with E-state index in [4.69, 9.17) is 4.74 Å². The first kappa shape index (κ1) is 14.3. The zero-order valence-electron chi connectivity index (χ0n) is 10.9. The Bertz CT molecular complexity index is 467. The van der Waals surface area contributed by atoms with E-state index in [0.717, 1.165) is 19.5 Å². The second-order valence-electron chi connectivity index (χ2n) is 4.95. The van der Waals surface area contributed by atoms with E-state index in [-0.39, 0.29) is 18.3 Å². The van der Waals surface area contributed by atoms with Crippen LogP contribution in [-0.2, 0) is 4.79 Å². The van der Waals surface area contributed by atoms with Crippen LogP contribution in [0.3, 0.4) is 0 Å². The van der Waals surface area contributed by atoms with E-state index in [1.165, 1.54) is 18.6 Å². The van der Waals surface area contributed by atoms with Crippen LogP contribution in [0.5, 0.6) is 5.75 Å². The zero-order chi connectivity index (χ0) is 13.8. The summed E-state index contributed by atoms with van der Waals surface area (Å²) in [6.07, 6.45) is 2.21. The standard InChI is InChI=1S/C14H17BrFNO2/c1-10-3-2-6-17(8-10)14(18)9-19-13-7-11(16)4-5-12(13)15/h4-5,7,10H,2-3,6,8-9H2,1H3. The number of hydrogen-bond acceptors (Lipinski definition) is 2. The molecule has 19 heavy (non-hydrogen) atoms. The van der Waals surface area contributed by atoms with Crippen molar-refractivity contribution in [2.24, 2.45) is 5.92 Å². The maximum atomic E-state index is 13.1. The molecule has 0 radical (unpaired) electrons. The van der Waals surface area contributed by atoms with Crippen LogP contribution in [0.15, 0.2) is 22.7 Å². The molecule has 1 aliphatic rings. The van der Waals surface area contributed by atoms with Crippen LogP contribution >= 0.6 is 15.9 Å². The number of ether oxygens (including phenoxy) is 1. The van der Waals surface area contributed by atoms with Gasteiger partial charge in [-0.15, -0.1) is 0 Å². The quantitative estimate of drug-likeness (QED) is 0.852. The van der Waals surface area contributed by atoms with E-state index in [1.807, 2.05) is 4.90 Å². The molecule has 2 rings (SSSR count). The third-order valence-electron chi connectivity index (χ3n) is 3.25. The topological polar surface area (TPSA) is 29.5 Å². The minimum Gasteiger partial charge on any atom is -0.482 e. The molecule has 1 unspecified atom stereocenters. The van der Waals surface area contributed by atoms with Gasteiger partial charge in [0.25, 0.3) is 5.91 Å². The van der Waals surface area contributed by atoms with E-state index in [1.54, 1.807) is 6.07 Å². The first-order valence-electron chi connectivity index (χ1n) is 6.42. The molecule has 5 heteroatoms. The molecule has 1 aromatic carbocycles. The summed E-state index contributed by atoms with van der Waals surface area (Å²) in [5.74, 6) is 0.483. The molecule has 3 nitrogen and oxygen atoms in total. The average molecular weight is 330 g/mol. The molecule has 1 aromatic rings. The Hall–Kier alpha value is -1.10. The lowest BCUT2D eigenvalue weighted by Gasteiger charge is -2.30. The monoisotopic (exact) mass is 329 g/mol. The smallest absolute Gasteiger partial charge is 0.260 e. The van der Waals surface area contributed by atoms with Gasteiger partial charge in [-0.1, -0.05) is 6.92 Å². The van der Waals surface area contributed by atoms with Crippen LogP contribution < -0.4 is 4.74 Å². The van der Waals surface area contributed by atoms with Gasteiger partial charge in [-0.3, -0.25) is 4.79 Å². The fraction of sp³-hybridized carbons (Fsp3) is 0.500. The summed E-state index contributed by atoms with van der Waals surface area (Å²) in [4.78, 5) is 13.8. The molecule has 1 aliphatic heterocycles. The predicted octanol–water partition coefficient (Wildman–Crippen LogP) is 3.23. The van der Waals surface area contributed by atoms with Crippen molar-refractivity contribution in [1.29, 1.82) is 0 Å². The van der Waals surface area contributed by atoms with Gasteiger partial charge >= 0.3 is 0 Å². The van der Waals surface area contributed by atoms with Crippen LogP contribution in [0.2, 0.25) is 0 Å². The highest BCUT2D eigenvalue weighted by atomic mass is 79.9. The Morgan fingerprint density at radius 2 is 2.37 bits per heavy atom. The van der Waals surface area contributed by atoms with Gasteiger partial charge in [-0.2, -0.15) is 0 Å². The van der Waals surface area contributed by atoms with Crippen molar-refractivity contribution in [1.82, 2.24) is 4.90 Å². The molecule has 1 atom stereocenters. The van der Waals surface area contributed by atoms with Gasteiger partial charge < -0.3 is 9.64 Å². The average Bonchev–Trinajstić information content (AvgIpc) is 2.39. The summed E-state index contributed by atoms with van der Waals surface area (Å²) in [7, 11) is 0. The molecule has 1 amide bonds. The third-order valence-corrected chi connectivity index (χ3v) is 3.91. The number of rotatable bonds is 3. The van der Waals surface area contributed by atoms with Crippen LogP contribution in [0.4, 0.5) is 4.39 Å². The lowest BCUT2D eigenvalue weighted by Crippen LogP contribution is -2.41. The van der Waals surface area contributed by atoms with Crippen molar-refractivity contribution >= 4 is 21.8 Å². The van der Waals surface area contributed by atoms with E-state index in [9.17, 15) is 9.18 Å². The minimum absolute atomic E-state index is 0.0392. The lowest BCUT2D eigenvalue weighted by molar-refractivity contribution is -0.135. The Morgan fingerprint density at radius 1 is 1.58 bits per heavy atom. The SMILES string of the molecule is CC1CCCN(C(=O)COc2cc(F)ccc2Br)C1. The van der Waals surface area contributed by atoms with Crippen molar-refractivity contribution < 1.29 is 13.9 Å². The first-order chi connectivity index (χ1) is 9.06. The fourth-order valence-corrected chi connectivity index (χ4v) is 2.60. The second kappa shape index (κ2) is 6.37. The number of carbonyl (C=O) groups excluding carboxylic acids is 1. The maximum Gasteiger partial charge on any atom is 0.260 e. The fourth-order valence-electron chi connectivity index (χ4n) is 2.23. The van der Waals surface area contributed by atoms with Crippen LogP contribution in [0.1, 0.15) is 19.8 Å². The van der Waals surface area contributed by atoms with Crippen LogP contribution in [0.25, 0.3) is 0 Å². The predicted molar refractivity (Wildman–Crippen MR) is 74.6 cm³/mol. The molecule has 0 aromatic heterocycles. The Morgan fingerprint density at radius 3 is 3.11 bits per heavy atom. The van der Waals surface area contributed by atoms with Gasteiger partial charge in [0, 0.05) is 19.2 Å². The first-order valence-corrected chi connectivity index (χ1v) is 7.21. The molecule has 0 saturated carbocycles. The number of nitrogens with zero attached hydrogens (tertiary/aromatic N) is 1. The van der Waals surface area contributed by atoms with E-state index >= 15 is 0 Å². The molecule has 1 heterocycles. The van der Waals surface area contributed by atoms with Gasteiger partial charge in [0.15, 0.2) is 6.61 Å². The van der Waals surface area contributed by atoms with E-state index in [0.29, 0.717) is 16.1 Å². The van der Waals surface area contributed by atoms with Gasteiger partial charge in [-0.25, -0.2) is 4.39 Å². The summed E-state index contributed by atoms with van der Waals surface area (Å²) >= 11 is 3.27. The number of benzene rings is 1. The summed E-state index contributed by atoms with van der Waals surface area (Å²) in [6.45, 7) is 3.67. The van der Waals surface area contributed by atoms with E-state index in [2.05, 4.69) is 22.9 Å². The Labute approximate surface area is 120 Å². The van der Waals surface area contributed by atoms with Crippen LogP contribution in [0, 0.1) is 11.7 Å². The van der Waals surface area contributed by atoms with Gasteiger partial charge in [-0.05, 0) is 46.8 Å². The van der Waals surface area contributed by atoms with E-state index < -0.39 is 0 Å². The van der Waals surface area contributed by atoms with Crippen molar-refractivity contribution in [3.8, 4) is 5.75 Å². The zero-order valence-corrected chi connectivity index (χ0v) is 12.5. The normalized spacial score (nSPS) is 19.3. The summed E-state index contributed by atoms with van der Waals surface area (Å²) < 4.78 is 19.1. The summed E-state index contributed by atoms with van der Waals surface area (Å²) in [6, 6.07) is 4.18. The molecule has 0 spiro atoms. The number of halogens is 2. The Balaban J connectivity index is 1.91. The number of amides is 1. The summed E-state index contributed by atoms with van der Waals surface area (Å²) in [5.41, 5.74) is 0. The number of likely N-dealkylation sites (tertiary alicyclic amines) is 1. The number of hydrogen-bond donors (Lipinski definition) is 0. The van der Waals surface area contributed by atoms with Crippen molar-refractivity contribution in [2.75, 3.05) is 19.7 Å². The molecule has 1 fully saturated rings. The van der Waals surface area contributed by atoms with Gasteiger partial charge in [0.2, 0.25) is 0 Å². The molecule has 1 saturated heterocycles. The molecule has 0 bridgehead atoms. The highest BCUT2D eigenvalue weighted by Gasteiger charge is 2.21. The maximum absolute atomic E-state index is 13.1. The largest absolute Gasteiger partial charge is 0.482 e. The number of piperidine rings is 1. The Kier molecular flexibility index (Phi) is 4.80. The van der Waals surface area contributed by atoms with Crippen molar-refractivity contribution in [2.45, 2.75) is 19.8 Å². The molecule has 0 N–H and O–H groups in total. The molecule has 104 valence electrons. The van der Waals surface area contributed by atoms with Crippen molar-refractivity contribution in [3.63, 3.8) is 0 Å². The summed E-state index contributed by atoms with van der Waals surface area (Å²) in [5, 5.41) is 0. The lowest BCUT2D eigenvalue weighted by atomic mass is 10.0. The minimum atomic E-state index is -0.378. The number of carbonyl (C=O) groups is 1. The van der Waals surface area contributed by atoms with Crippen molar-refractivity contribution in [3.05, 3.63) is 28.5 Å². The highest BCUT2D eigenvalue weighted by molar-refractivity contribution is 9.10. The van der Waals surface area contributed by atoms with Gasteiger partial charge in [0.1, 0.15) is 11.6 Å². The second-order valence-corrected chi connectivity index (χ2v) is 5.80. The third kappa shape index (κ3) is 3.93. The molecule has 0 aliphatic carbocycles. The van der Waals surface area contributed by atoms with Crippen LogP contribution in [-0.4, -0.2) is 30.5 Å². The van der Waals surface area contributed by atoms with Gasteiger partial charge in [0.05, 0.1) is 4.47 Å². The molecular formula is C14H17BrFNO2.